The molecule has 0 unspecified atom stereocenters. The Bertz CT molecular complexity index is 126. The molecule has 0 bridgehead atoms. The van der Waals surface area contributed by atoms with E-state index in [0.717, 1.165) is 12.3 Å². The molecule has 1 saturated carbocycles. The van der Waals surface area contributed by atoms with Crippen LogP contribution in [0.5, 0.6) is 0 Å². The summed E-state index contributed by atoms with van der Waals surface area (Å²) >= 11 is 0. The van der Waals surface area contributed by atoms with Crippen molar-refractivity contribution >= 4 is 5.78 Å². The van der Waals surface area contributed by atoms with Gasteiger partial charge in [0.05, 0.1) is 0 Å². The number of hydrogen-bond donors (Lipinski definition) is 1. The van der Waals surface area contributed by atoms with Gasteiger partial charge in [-0.25, -0.2) is 0 Å². The average molecular weight is 156 g/mol. The minimum atomic E-state index is -0.271. The topological polar surface area (TPSA) is 37.3 Å². The molecule has 0 aromatic carbocycles. The third-order valence-corrected chi connectivity index (χ3v) is 2.48. The van der Waals surface area contributed by atoms with Crippen molar-refractivity contribution in [2.24, 2.45) is 5.92 Å². The van der Waals surface area contributed by atoms with E-state index in [2.05, 4.69) is 0 Å². The highest BCUT2D eigenvalue weighted by Crippen LogP contribution is 2.28. The van der Waals surface area contributed by atoms with E-state index in [0.29, 0.717) is 6.42 Å². The summed E-state index contributed by atoms with van der Waals surface area (Å²) in [5.74, 6) is 0.766. The molecule has 2 nitrogen and oxygen atoms in total. The van der Waals surface area contributed by atoms with Gasteiger partial charge in [0.1, 0.15) is 6.61 Å². The van der Waals surface area contributed by atoms with E-state index in [1.54, 1.807) is 0 Å². The van der Waals surface area contributed by atoms with Crippen LogP contribution in [0.2, 0.25) is 0 Å². The summed E-state index contributed by atoms with van der Waals surface area (Å²) in [5, 5.41) is 8.46. The van der Waals surface area contributed by atoms with Crippen LogP contribution in [0.25, 0.3) is 0 Å². The molecule has 2 heteroatoms. The zero-order valence-corrected chi connectivity index (χ0v) is 6.88. The summed E-state index contributed by atoms with van der Waals surface area (Å²) in [6.45, 7) is -0.271. The first-order valence-corrected chi connectivity index (χ1v) is 4.45. The van der Waals surface area contributed by atoms with Gasteiger partial charge in [0.25, 0.3) is 0 Å². The standard InChI is InChI=1S/C9H16O2/c10-7-9(11)6-5-8-3-1-2-4-8/h8,10H,1-7H2. The van der Waals surface area contributed by atoms with Crippen molar-refractivity contribution in [1.29, 1.82) is 0 Å². The maximum absolute atomic E-state index is 10.7. The van der Waals surface area contributed by atoms with Gasteiger partial charge in [-0.15, -0.1) is 0 Å². The summed E-state index contributed by atoms with van der Waals surface area (Å²) in [6, 6.07) is 0. The molecule has 0 spiro atoms. The molecular weight excluding hydrogens is 140 g/mol. The lowest BCUT2D eigenvalue weighted by Crippen LogP contribution is -2.05. The van der Waals surface area contributed by atoms with E-state index in [9.17, 15) is 4.79 Å². The molecule has 0 radical (unpaired) electrons. The van der Waals surface area contributed by atoms with Gasteiger partial charge in [0, 0.05) is 6.42 Å². The van der Waals surface area contributed by atoms with Crippen molar-refractivity contribution in [3.63, 3.8) is 0 Å². The molecule has 0 aromatic rings. The lowest BCUT2D eigenvalue weighted by Gasteiger charge is -2.05. The summed E-state index contributed by atoms with van der Waals surface area (Å²) in [6.07, 6.45) is 6.83. The molecule has 1 aliphatic rings. The predicted molar refractivity (Wildman–Crippen MR) is 43.3 cm³/mol. The van der Waals surface area contributed by atoms with Crippen LogP contribution in [0.1, 0.15) is 38.5 Å². The van der Waals surface area contributed by atoms with E-state index in [1.165, 1.54) is 25.7 Å². The van der Waals surface area contributed by atoms with Crippen LogP contribution < -0.4 is 0 Å². The van der Waals surface area contributed by atoms with Crippen molar-refractivity contribution in [2.45, 2.75) is 38.5 Å². The van der Waals surface area contributed by atoms with Gasteiger partial charge in [-0.2, -0.15) is 0 Å². The molecule has 64 valence electrons. The average Bonchev–Trinajstić information content (AvgIpc) is 2.52. The number of aliphatic hydroxyl groups excluding tert-OH is 1. The highest BCUT2D eigenvalue weighted by molar-refractivity contribution is 5.79. The predicted octanol–water partition coefficient (Wildman–Crippen LogP) is 1.52. The van der Waals surface area contributed by atoms with Gasteiger partial charge in [-0.1, -0.05) is 25.7 Å². The Morgan fingerprint density at radius 2 is 2.00 bits per heavy atom. The molecule has 1 aliphatic carbocycles. The van der Waals surface area contributed by atoms with Crippen LogP contribution in [0, 0.1) is 5.92 Å². The quantitative estimate of drug-likeness (QED) is 0.670. The SMILES string of the molecule is O=C(CO)CCC1CCCC1. The van der Waals surface area contributed by atoms with Crippen molar-refractivity contribution < 1.29 is 9.90 Å². The molecular formula is C9H16O2. The normalized spacial score (nSPS) is 19.0. The molecule has 0 atom stereocenters. The Morgan fingerprint density at radius 3 is 2.55 bits per heavy atom. The number of rotatable bonds is 4. The zero-order chi connectivity index (χ0) is 8.10. The number of carbonyl (C=O) groups is 1. The molecule has 1 fully saturated rings. The Hall–Kier alpha value is -0.370. The fourth-order valence-corrected chi connectivity index (χ4v) is 1.74. The van der Waals surface area contributed by atoms with Crippen LogP contribution in [-0.4, -0.2) is 17.5 Å². The molecule has 0 heterocycles. The first kappa shape index (κ1) is 8.72. The van der Waals surface area contributed by atoms with Crippen molar-refractivity contribution in [1.82, 2.24) is 0 Å². The monoisotopic (exact) mass is 156 g/mol. The van der Waals surface area contributed by atoms with E-state index in [4.69, 9.17) is 5.11 Å². The number of carbonyl (C=O) groups excluding carboxylic acids is 1. The second kappa shape index (κ2) is 4.50. The summed E-state index contributed by atoms with van der Waals surface area (Å²) in [7, 11) is 0. The second-order valence-electron chi connectivity index (χ2n) is 3.39. The van der Waals surface area contributed by atoms with E-state index in [-0.39, 0.29) is 12.4 Å². The van der Waals surface area contributed by atoms with Crippen molar-refractivity contribution in [3.8, 4) is 0 Å². The number of Topliss-reactive ketones (excluding diaryl/α,β-unsaturated/α-hetero) is 1. The summed E-state index contributed by atoms with van der Waals surface area (Å²) in [4.78, 5) is 10.7. The van der Waals surface area contributed by atoms with Gasteiger partial charge in [0.2, 0.25) is 0 Å². The third kappa shape index (κ3) is 3.02. The molecule has 1 rings (SSSR count). The van der Waals surface area contributed by atoms with Crippen LogP contribution in [0.15, 0.2) is 0 Å². The molecule has 11 heavy (non-hydrogen) atoms. The summed E-state index contributed by atoms with van der Waals surface area (Å²) in [5.41, 5.74) is 0. The first-order chi connectivity index (χ1) is 5.33. The molecule has 0 amide bonds. The Kier molecular flexibility index (Phi) is 3.57. The zero-order valence-electron chi connectivity index (χ0n) is 6.88. The van der Waals surface area contributed by atoms with Gasteiger partial charge in [-0.05, 0) is 12.3 Å². The minimum absolute atomic E-state index is 0.00287. The lowest BCUT2D eigenvalue weighted by molar-refractivity contribution is -0.122. The highest BCUT2D eigenvalue weighted by Gasteiger charge is 2.15. The number of ketones is 1. The van der Waals surface area contributed by atoms with Gasteiger partial charge in [0.15, 0.2) is 5.78 Å². The maximum atomic E-state index is 10.7. The number of aliphatic hydroxyl groups is 1. The molecule has 0 saturated heterocycles. The first-order valence-electron chi connectivity index (χ1n) is 4.45. The number of hydrogen-bond acceptors (Lipinski definition) is 2. The van der Waals surface area contributed by atoms with Crippen LogP contribution in [0.3, 0.4) is 0 Å². The largest absolute Gasteiger partial charge is 0.389 e. The van der Waals surface area contributed by atoms with Gasteiger partial charge < -0.3 is 5.11 Å². The highest BCUT2D eigenvalue weighted by atomic mass is 16.3. The van der Waals surface area contributed by atoms with Gasteiger partial charge >= 0.3 is 0 Å². The third-order valence-electron chi connectivity index (χ3n) is 2.48. The maximum Gasteiger partial charge on any atom is 0.158 e. The Morgan fingerprint density at radius 1 is 1.36 bits per heavy atom. The minimum Gasteiger partial charge on any atom is -0.389 e. The molecule has 0 aliphatic heterocycles. The van der Waals surface area contributed by atoms with Crippen LogP contribution in [-0.2, 0) is 4.79 Å². The van der Waals surface area contributed by atoms with Crippen molar-refractivity contribution in [2.75, 3.05) is 6.61 Å². The van der Waals surface area contributed by atoms with Crippen LogP contribution in [0.4, 0.5) is 0 Å². The summed E-state index contributed by atoms with van der Waals surface area (Å²) < 4.78 is 0. The van der Waals surface area contributed by atoms with E-state index in [1.807, 2.05) is 0 Å². The molecule has 1 N–H and O–H groups in total. The van der Waals surface area contributed by atoms with Crippen molar-refractivity contribution in [3.05, 3.63) is 0 Å². The molecule has 0 aromatic heterocycles. The fraction of sp³-hybridized carbons (Fsp3) is 0.889. The smallest absolute Gasteiger partial charge is 0.158 e. The second-order valence-corrected chi connectivity index (χ2v) is 3.39. The van der Waals surface area contributed by atoms with E-state index >= 15 is 0 Å². The fourth-order valence-electron chi connectivity index (χ4n) is 1.74. The Labute approximate surface area is 67.6 Å². The van der Waals surface area contributed by atoms with Gasteiger partial charge in [-0.3, -0.25) is 4.79 Å². The van der Waals surface area contributed by atoms with E-state index < -0.39 is 0 Å². The van der Waals surface area contributed by atoms with Crippen LogP contribution >= 0.6 is 0 Å². The lowest BCUT2D eigenvalue weighted by atomic mass is 10.0. The Balaban J connectivity index is 2.06.